The Balaban J connectivity index is 0.000000117. The van der Waals surface area contributed by atoms with E-state index in [4.69, 9.17) is 16.3 Å². The third-order valence-electron chi connectivity index (χ3n) is 24.3. The minimum Gasteiger partial charge on any atom is -0.497 e. The number of likely N-dealkylation sites (tertiary alicyclic amines) is 1. The molecule has 0 unspecified atom stereocenters. The number of aryl methyl sites for hydroxylation is 6. The summed E-state index contributed by atoms with van der Waals surface area (Å²) in [6, 6.07) is 49.5. The number of anilines is 19. The van der Waals surface area contributed by atoms with Crippen molar-refractivity contribution in [1.82, 2.24) is 142 Å². The summed E-state index contributed by atoms with van der Waals surface area (Å²) in [5.41, 5.74) is 18.7. The molecular formula is C102H118ClN43O. The van der Waals surface area contributed by atoms with Crippen LogP contribution in [0, 0.1) is 34.6 Å². The molecule has 0 bridgehead atoms. The van der Waals surface area contributed by atoms with Crippen molar-refractivity contribution in [2.24, 2.45) is 0 Å². The molecule has 7 aromatic carbocycles. The van der Waals surface area contributed by atoms with E-state index in [2.05, 4.69) is 311 Å². The van der Waals surface area contributed by atoms with Crippen LogP contribution >= 0.6 is 11.6 Å². The maximum atomic E-state index is 6.18. The Bertz CT molecular complexity index is 8020. The van der Waals surface area contributed by atoms with Crippen LogP contribution < -0.4 is 77.9 Å². The monoisotopic (exact) mass is 2000 g/mol. The van der Waals surface area contributed by atoms with Gasteiger partial charge in [-0.15, -0.1) is 71.4 Å². The van der Waals surface area contributed by atoms with Gasteiger partial charge in [0.05, 0.1) is 23.5 Å². The van der Waals surface area contributed by atoms with Gasteiger partial charge in [-0.25, -0.2) is 34.9 Å². The summed E-state index contributed by atoms with van der Waals surface area (Å²) < 4.78 is 18.5. The first-order chi connectivity index (χ1) is 71.9. The molecule has 1 saturated heterocycles. The van der Waals surface area contributed by atoms with Gasteiger partial charge in [0.15, 0.2) is 40.7 Å². The van der Waals surface area contributed by atoms with Crippen LogP contribution in [-0.2, 0) is 13.0 Å². The summed E-state index contributed by atoms with van der Waals surface area (Å²) in [6.45, 7) is 19.4. The maximum absolute atomic E-state index is 6.18. The molecule has 754 valence electrons. The first-order valence-electron chi connectivity index (χ1n) is 48.1. The summed E-state index contributed by atoms with van der Waals surface area (Å²) in [6.07, 6.45) is 31.0. The van der Waals surface area contributed by atoms with Gasteiger partial charge in [0.2, 0.25) is 81.2 Å². The third kappa shape index (κ3) is 23.0. The molecule has 45 heteroatoms. The average molecular weight is 2000 g/mol. The second kappa shape index (κ2) is 47.2. The van der Waals surface area contributed by atoms with E-state index >= 15 is 0 Å². The molecule has 0 atom stereocenters. The zero-order chi connectivity index (χ0) is 102. The van der Waals surface area contributed by atoms with Crippen LogP contribution in [0.1, 0.15) is 71.6 Å². The highest BCUT2D eigenvalue weighted by Crippen LogP contribution is 2.39. The standard InChI is InChI=1S/C18H18N6.C16H18N6O.C15H18N6.C14H16N6.C13H13ClN6.C13H21N7.C13H14N6/c1-3-23(15-10-6-8-13-7-4-5-9-14(13)15)16-17-21-22-18(19-2)24(17)12-11-20-16;1-17-16-20-19-15-14(18-7-9-22(15)16)21-8-3-4-11-10-12(23-2)5-6-13(11)21;1-10-6-11(2)8-12(7-10)9-18-13-14-19-20-15(16-3)21(14)5-4-17-13;1-10-5-4-6-11(9-10)19(3)12-13-17-18-14(15-2)20(13)8-7-16-12;1-8-3-4-9(14)10(7-8)17-11-12-18-19-13(15-2)20(12)6-5-16-11;1-14-13-18-17-12-11(16-6-10-20(12)13)15-5-4-9-19-7-2-3-8-19;1-9-4-3-5-10(8-9)16-11-12-17-18-13(14-2)19(12)7-6-15-11/h4-12H,3H2,1-2H3,(H,19,22);5-7,9-10H,3-4,8H2,1-2H3,(H,17,20);4-8H,9H2,1-3H3,(H,16,20)(H,17,18);4-9H,1-3H3,(H,15,18);3-7H,1-2H3,(H,15,19)(H,16,17);6,10H,2-5,7-9H2,1H3,(H,14,18)(H,15,16);3-8H,1-2H3,(H,14,18)(H,15,16). The molecule has 21 aromatic rings. The van der Waals surface area contributed by atoms with Crippen molar-refractivity contribution >= 4 is 173 Å². The molecule has 0 spiro atoms. The number of methoxy groups -OCH3 is 1. The van der Waals surface area contributed by atoms with Gasteiger partial charge in [-0.3, -0.25) is 30.8 Å². The van der Waals surface area contributed by atoms with Gasteiger partial charge in [-0.05, 0) is 187 Å². The fourth-order valence-electron chi connectivity index (χ4n) is 17.3. The van der Waals surface area contributed by atoms with Crippen molar-refractivity contribution < 1.29 is 4.74 Å². The van der Waals surface area contributed by atoms with Crippen LogP contribution in [0.15, 0.2) is 232 Å². The van der Waals surface area contributed by atoms with E-state index in [0.717, 1.165) is 143 Å². The van der Waals surface area contributed by atoms with E-state index in [-0.39, 0.29) is 0 Å². The minimum atomic E-state index is 0.606. The molecule has 11 N–H and O–H groups in total. The molecule has 2 aliphatic heterocycles. The molecule has 147 heavy (non-hydrogen) atoms. The molecule has 0 radical (unpaired) electrons. The molecule has 23 rings (SSSR count). The summed E-state index contributed by atoms with van der Waals surface area (Å²) in [5.74, 6) is 10.9. The molecule has 0 saturated carbocycles. The molecule has 16 heterocycles. The highest BCUT2D eigenvalue weighted by molar-refractivity contribution is 6.33. The highest BCUT2D eigenvalue weighted by atomic mass is 35.5. The van der Waals surface area contributed by atoms with E-state index in [1.807, 2.05) is 178 Å². The summed E-state index contributed by atoms with van der Waals surface area (Å²) in [4.78, 5) is 39.8. The van der Waals surface area contributed by atoms with Crippen LogP contribution in [0.2, 0.25) is 5.02 Å². The SMILES string of the molecule is CCN(c1cccc2ccccc12)c1nccn2c(NC)nnc12.CNc1nnc2c(N(C)c3cccc(C)c3)nccn12.CNc1nnc2c(N3CCCc4cc(OC)ccc43)nccn12.CNc1nnc2c(NCCCN3CCCC3)nccn12.CNc1nnc2c(NCc3cc(C)cc(C)c3)nccn12.CNc1nnc2c(Nc3cc(C)ccc3Cl)nccn12.CNc1nnc2c(Nc3cccc(C)c3)nccn12. The van der Waals surface area contributed by atoms with E-state index in [1.54, 1.807) is 63.7 Å². The number of benzene rings is 7. The Morgan fingerprint density at radius 1 is 0.395 bits per heavy atom. The topological polar surface area (TPSA) is 456 Å². The van der Waals surface area contributed by atoms with E-state index in [9.17, 15) is 0 Å². The van der Waals surface area contributed by atoms with Crippen LogP contribution in [0.5, 0.6) is 5.75 Å². The highest BCUT2D eigenvalue weighted by Gasteiger charge is 2.26. The number of aromatic nitrogens is 28. The predicted molar refractivity (Wildman–Crippen MR) is 582 cm³/mol. The molecule has 1 fully saturated rings. The van der Waals surface area contributed by atoms with E-state index < -0.39 is 0 Å². The number of halogens is 1. The number of rotatable bonds is 26. The van der Waals surface area contributed by atoms with Crippen molar-refractivity contribution in [3.63, 3.8) is 0 Å². The predicted octanol–water partition coefficient (Wildman–Crippen LogP) is 16.5. The first kappa shape index (κ1) is 100. The molecular weight excluding hydrogens is 1880 g/mol. The lowest BCUT2D eigenvalue weighted by Gasteiger charge is -2.30. The van der Waals surface area contributed by atoms with Crippen molar-refractivity contribution in [2.75, 3.05) is 176 Å². The fraction of sp³-hybridized carbons (Fsp3) is 0.265. The lowest BCUT2D eigenvalue weighted by molar-refractivity contribution is 0.337. The lowest BCUT2D eigenvalue weighted by Crippen LogP contribution is -2.26. The summed E-state index contributed by atoms with van der Waals surface area (Å²) in [5, 5.41) is 95.3. The average Bonchev–Trinajstić information content (AvgIpc) is 1.40. The van der Waals surface area contributed by atoms with Crippen LogP contribution in [0.3, 0.4) is 0 Å². The number of nitrogens with zero attached hydrogens (tertiary/aromatic N) is 32. The van der Waals surface area contributed by atoms with E-state index in [0.29, 0.717) is 75.8 Å². The van der Waals surface area contributed by atoms with Crippen molar-refractivity contribution in [1.29, 1.82) is 0 Å². The van der Waals surface area contributed by atoms with Crippen molar-refractivity contribution in [2.45, 2.75) is 80.2 Å². The third-order valence-corrected chi connectivity index (χ3v) is 24.7. The Kier molecular flexibility index (Phi) is 32.2. The number of fused-ring (bicyclic) bond motifs is 9. The van der Waals surface area contributed by atoms with Crippen molar-refractivity contribution in [3.05, 3.63) is 276 Å². The Hall–Kier alpha value is -18.1. The Morgan fingerprint density at radius 3 is 1.41 bits per heavy atom. The molecule has 2 aliphatic rings. The smallest absolute Gasteiger partial charge is 0.228 e. The van der Waals surface area contributed by atoms with Crippen LogP contribution in [0.4, 0.5) is 111 Å². The lowest BCUT2D eigenvalue weighted by atomic mass is 10.0. The second-order valence-corrected chi connectivity index (χ2v) is 34.7. The summed E-state index contributed by atoms with van der Waals surface area (Å²) >= 11 is 6.18. The number of ether oxygens (including phenoxy) is 1. The van der Waals surface area contributed by atoms with Crippen molar-refractivity contribution in [3.8, 4) is 5.75 Å². The van der Waals surface area contributed by atoms with Gasteiger partial charge in [0.25, 0.3) is 0 Å². The second-order valence-electron chi connectivity index (χ2n) is 34.3. The molecule has 0 aliphatic carbocycles. The normalized spacial score (nSPS) is 12.0. The zero-order valence-corrected chi connectivity index (χ0v) is 85.3. The Morgan fingerprint density at radius 2 is 0.857 bits per heavy atom. The number of nitrogens with one attached hydrogen (secondary N) is 11. The largest absolute Gasteiger partial charge is 0.497 e. The van der Waals surface area contributed by atoms with Gasteiger partial charge >= 0.3 is 0 Å². The first-order valence-corrected chi connectivity index (χ1v) is 48.5. The zero-order valence-electron chi connectivity index (χ0n) is 84.5. The number of hydrogen-bond donors (Lipinski definition) is 11. The molecule has 14 aromatic heterocycles. The molecule has 44 nitrogen and oxygen atoms in total. The van der Waals surface area contributed by atoms with Gasteiger partial charge in [0.1, 0.15) is 5.75 Å². The number of hydrogen-bond acceptors (Lipinski definition) is 37. The fourth-order valence-corrected chi connectivity index (χ4v) is 17.5. The minimum absolute atomic E-state index is 0.606. The maximum Gasteiger partial charge on any atom is 0.228 e. The summed E-state index contributed by atoms with van der Waals surface area (Å²) in [7, 11) is 16.4. The molecule has 0 amide bonds. The van der Waals surface area contributed by atoms with E-state index in [1.165, 1.54) is 70.1 Å². The Labute approximate surface area is 852 Å². The van der Waals surface area contributed by atoms with Gasteiger partial charge < -0.3 is 82.8 Å². The van der Waals surface area contributed by atoms with Gasteiger partial charge in [-0.1, -0.05) is 108 Å². The van der Waals surface area contributed by atoms with Gasteiger partial charge in [0, 0.05) is 192 Å². The van der Waals surface area contributed by atoms with Crippen LogP contribution in [-0.4, -0.2) is 245 Å². The van der Waals surface area contributed by atoms with Crippen LogP contribution in [0.25, 0.3) is 50.3 Å². The quantitative estimate of drug-likeness (QED) is 0.0224. The van der Waals surface area contributed by atoms with Gasteiger partial charge in [-0.2, -0.15) is 0 Å².